The van der Waals surface area contributed by atoms with Gasteiger partial charge in [0.2, 0.25) is 0 Å². The molecule has 1 fully saturated rings. The van der Waals surface area contributed by atoms with Crippen molar-refractivity contribution in [2.45, 2.75) is 6.42 Å². The van der Waals surface area contributed by atoms with E-state index in [-0.39, 0.29) is 0 Å². The average molecular weight is 175 g/mol. The smallest absolute Gasteiger partial charge is 0.0470 e. The highest BCUT2D eigenvalue weighted by atomic mass is 32.1. The number of hydrogen-bond donors (Lipinski definition) is 2. The van der Waals surface area contributed by atoms with Crippen LogP contribution in [-0.2, 0) is 0 Å². The number of aliphatic hydroxyl groups is 1. The van der Waals surface area contributed by atoms with E-state index in [2.05, 4.69) is 24.6 Å². The highest BCUT2D eigenvalue weighted by Crippen LogP contribution is 2.23. The number of aliphatic hydroxyl groups excluding tert-OH is 1. The molecule has 1 N–H and O–H groups in total. The second kappa shape index (κ2) is 4.33. The van der Waals surface area contributed by atoms with Crippen LogP contribution in [0.2, 0.25) is 0 Å². The SMILES string of the molecule is CN1CCC(C(CO)CS)C1. The summed E-state index contributed by atoms with van der Waals surface area (Å²) in [4.78, 5) is 2.32. The van der Waals surface area contributed by atoms with Crippen molar-refractivity contribution in [3.8, 4) is 0 Å². The van der Waals surface area contributed by atoms with Gasteiger partial charge in [0.05, 0.1) is 0 Å². The Morgan fingerprint density at radius 1 is 1.73 bits per heavy atom. The minimum Gasteiger partial charge on any atom is -0.396 e. The van der Waals surface area contributed by atoms with Crippen molar-refractivity contribution in [3.05, 3.63) is 0 Å². The summed E-state index contributed by atoms with van der Waals surface area (Å²) in [6.45, 7) is 2.60. The molecule has 0 saturated carbocycles. The minimum atomic E-state index is 0.294. The Bertz CT molecular complexity index is 117. The molecule has 0 aromatic heterocycles. The van der Waals surface area contributed by atoms with Gasteiger partial charge < -0.3 is 10.0 Å². The predicted octanol–water partition coefficient (Wildman–Crippen LogP) is 0.476. The summed E-state index contributed by atoms with van der Waals surface area (Å²) < 4.78 is 0. The first-order valence-corrected chi connectivity index (χ1v) is 4.81. The highest BCUT2D eigenvalue weighted by Gasteiger charge is 2.25. The molecule has 1 saturated heterocycles. The Hall–Kier alpha value is 0.270. The summed E-state index contributed by atoms with van der Waals surface area (Å²) in [6.07, 6.45) is 1.22. The van der Waals surface area contributed by atoms with Crippen LogP contribution in [0.4, 0.5) is 0 Å². The molecule has 0 aliphatic carbocycles. The standard InChI is InChI=1S/C8H17NOS/c1-9-3-2-7(4-9)8(5-10)6-11/h7-8,10-11H,2-6H2,1H3. The lowest BCUT2D eigenvalue weighted by molar-refractivity contribution is 0.193. The van der Waals surface area contributed by atoms with Gasteiger partial charge in [-0.25, -0.2) is 0 Å². The van der Waals surface area contributed by atoms with Crippen molar-refractivity contribution in [1.82, 2.24) is 4.90 Å². The van der Waals surface area contributed by atoms with Gasteiger partial charge in [-0.2, -0.15) is 12.6 Å². The number of nitrogens with zero attached hydrogens (tertiary/aromatic N) is 1. The maximum atomic E-state index is 9.01. The fourth-order valence-electron chi connectivity index (χ4n) is 1.71. The van der Waals surface area contributed by atoms with E-state index in [0.717, 1.165) is 12.3 Å². The van der Waals surface area contributed by atoms with Crippen LogP contribution in [0.3, 0.4) is 0 Å². The third-order valence-corrected chi connectivity index (χ3v) is 3.03. The largest absolute Gasteiger partial charge is 0.396 e. The van der Waals surface area contributed by atoms with Crippen molar-refractivity contribution in [3.63, 3.8) is 0 Å². The molecule has 11 heavy (non-hydrogen) atoms. The van der Waals surface area contributed by atoms with Crippen molar-refractivity contribution in [2.24, 2.45) is 11.8 Å². The number of hydrogen-bond acceptors (Lipinski definition) is 3. The fourth-order valence-corrected chi connectivity index (χ4v) is 2.12. The molecule has 0 radical (unpaired) electrons. The summed E-state index contributed by atoms with van der Waals surface area (Å²) in [5.74, 6) is 1.89. The van der Waals surface area contributed by atoms with Gasteiger partial charge in [-0.15, -0.1) is 0 Å². The van der Waals surface area contributed by atoms with Gasteiger partial charge in [0.1, 0.15) is 0 Å². The van der Waals surface area contributed by atoms with Gasteiger partial charge in [-0.05, 0) is 37.6 Å². The zero-order valence-electron chi connectivity index (χ0n) is 7.03. The molecule has 66 valence electrons. The Morgan fingerprint density at radius 2 is 2.45 bits per heavy atom. The zero-order valence-corrected chi connectivity index (χ0v) is 7.93. The van der Waals surface area contributed by atoms with E-state index in [0.29, 0.717) is 18.4 Å². The van der Waals surface area contributed by atoms with Gasteiger partial charge in [-0.1, -0.05) is 0 Å². The van der Waals surface area contributed by atoms with E-state index in [4.69, 9.17) is 5.11 Å². The minimum absolute atomic E-state index is 0.294. The van der Waals surface area contributed by atoms with E-state index in [1.54, 1.807) is 0 Å². The highest BCUT2D eigenvalue weighted by molar-refractivity contribution is 7.80. The maximum absolute atomic E-state index is 9.01. The first-order chi connectivity index (χ1) is 5.27. The first kappa shape index (κ1) is 9.36. The Labute approximate surface area is 74.0 Å². The molecule has 2 unspecified atom stereocenters. The topological polar surface area (TPSA) is 23.5 Å². The van der Waals surface area contributed by atoms with E-state index < -0.39 is 0 Å². The van der Waals surface area contributed by atoms with Crippen LogP contribution in [0.25, 0.3) is 0 Å². The number of likely N-dealkylation sites (tertiary alicyclic amines) is 1. The van der Waals surface area contributed by atoms with E-state index in [1.165, 1.54) is 13.0 Å². The van der Waals surface area contributed by atoms with Crippen LogP contribution in [0.5, 0.6) is 0 Å². The molecule has 2 atom stereocenters. The van der Waals surface area contributed by atoms with Crippen molar-refractivity contribution < 1.29 is 5.11 Å². The fraction of sp³-hybridized carbons (Fsp3) is 1.00. The van der Waals surface area contributed by atoms with Gasteiger partial charge in [-0.3, -0.25) is 0 Å². The predicted molar refractivity (Wildman–Crippen MR) is 50.0 cm³/mol. The van der Waals surface area contributed by atoms with Crippen LogP contribution in [0.15, 0.2) is 0 Å². The van der Waals surface area contributed by atoms with Crippen molar-refractivity contribution in [2.75, 3.05) is 32.5 Å². The lowest BCUT2D eigenvalue weighted by Crippen LogP contribution is -2.23. The lowest BCUT2D eigenvalue weighted by atomic mass is 9.94. The molecule has 1 aliphatic rings. The van der Waals surface area contributed by atoms with Crippen LogP contribution in [-0.4, -0.2) is 42.5 Å². The lowest BCUT2D eigenvalue weighted by Gasteiger charge is -2.18. The zero-order chi connectivity index (χ0) is 8.27. The molecule has 0 bridgehead atoms. The monoisotopic (exact) mass is 175 g/mol. The number of rotatable bonds is 3. The van der Waals surface area contributed by atoms with Gasteiger partial charge in [0.25, 0.3) is 0 Å². The maximum Gasteiger partial charge on any atom is 0.0470 e. The quantitative estimate of drug-likeness (QED) is 0.609. The molecular formula is C8H17NOS. The Morgan fingerprint density at radius 3 is 2.82 bits per heavy atom. The third-order valence-electron chi connectivity index (χ3n) is 2.56. The molecule has 0 aromatic carbocycles. The number of thiol groups is 1. The third kappa shape index (κ3) is 2.36. The molecule has 1 rings (SSSR count). The second-order valence-corrected chi connectivity index (χ2v) is 3.80. The van der Waals surface area contributed by atoms with Crippen molar-refractivity contribution in [1.29, 1.82) is 0 Å². The van der Waals surface area contributed by atoms with Crippen LogP contribution >= 0.6 is 12.6 Å². The van der Waals surface area contributed by atoms with Crippen molar-refractivity contribution >= 4 is 12.6 Å². The van der Waals surface area contributed by atoms with Crippen LogP contribution < -0.4 is 0 Å². The van der Waals surface area contributed by atoms with Gasteiger partial charge in [0.15, 0.2) is 0 Å². The molecule has 1 heterocycles. The van der Waals surface area contributed by atoms with Crippen LogP contribution in [0, 0.1) is 11.8 Å². The van der Waals surface area contributed by atoms with Gasteiger partial charge >= 0.3 is 0 Å². The average Bonchev–Trinajstić information content (AvgIpc) is 2.39. The Balaban J connectivity index is 2.34. The molecule has 0 spiro atoms. The van der Waals surface area contributed by atoms with Crippen LogP contribution in [0.1, 0.15) is 6.42 Å². The van der Waals surface area contributed by atoms with E-state index in [9.17, 15) is 0 Å². The van der Waals surface area contributed by atoms with E-state index >= 15 is 0 Å². The summed E-state index contributed by atoms with van der Waals surface area (Å²) in [7, 11) is 2.13. The first-order valence-electron chi connectivity index (χ1n) is 4.18. The summed E-state index contributed by atoms with van der Waals surface area (Å²) in [5, 5.41) is 9.01. The molecular weight excluding hydrogens is 158 g/mol. The molecule has 1 aliphatic heterocycles. The molecule has 0 amide bonds. The summed E-state index contributed by atoms with van der Waals surface area (Å²) >= 11 is 4.22. The van der Waals surface area contributed by atoms with E-state index in [1.807, 2.05) is 0 Å². The molecule has 0 aromatic rings. The van der Waals surface area contributed by atoms with Gasteiger partial charge in [0, 0.05) is 13.2 Å². The molecule has 3 heteroatoms. The summed E-state index contributed by atoms with van der Waals surface area (Å²) in [5.41, 5.74) is 0. The second-order valence-electron chi connectivity index (χ2n) is 3.44. The summed E-state index contributed by atoms with van der Waals surface area (Å²) in [6, 6.07) is 0. The molecule has 2 nitrogen and oxygen atoms in total. The normalized spacial score (nSPS) is 29.2. The Kier molecular flexibility index (Phi) is 3.69.